The van der Waals surface area contributed by atoms with Gasteiger partial charge < -0.3 is 14.6 Å². The van der Waals surface area contributed by atoms with E-state index in [9.17, 15) is 9.90 Å². The monoisotopic (exact) mass is 271 g/mol. The van der Waals surface area contributed by atoms with Crippen molar-refractivity contribution in [2.45, 2.75) is 19.6 Å². The molecule has 1 aromatic heterocycles. The number of cyclic esters (lactones) is 1. The molecule has 0 N–H and O–H groups in total. The first-order valence-corrected chi connectivity index (χ1v) is 6.21. The summed E-state index contributed by atoms with van der Waals surface area (Å²) in [5.74, 6) is -2.61. The van der Waals surface area contributed by atoms with Crippen molar-refractivity contribution in [1.29, 1.82) is 0 Å². The van der Waals surface area contributed by atoms with Gasteiger partial charge in [-0.05, 0) is 26.0 Å². The van der Waals surface area contributed by atoms with E-state index < -0.39 is 17.7 Å². The van der Waals surface area contributed by atoms with Crippen molar-refractivity contribution < 1.29 is 23.9 Å². The highest BCUT2D eigenvalue weighted by atomic mass is 16.8. The minimum atomic E-state index is -1.23. The van der Waals surface area contributed by atoms with Crippen LogP contribution in [0.3, 0.4) is 0 Å². The van der Waals surface area contributed by atoms with E-state index in [1.807, 2.05) is 30.3 Å². The predicted molar refractivity (Wildman–Crippen MR) is 68.6 cm³/mol. The predicted octanol–water partition coefficient (Wildman–Crippen LogP) is 0.923. The van der Waals surface area contributed by atoms with Crippen molar-refractivity contribution >= 4 is 22.6 Å². The third-order valence-corrected chi connectivity index (χ3v) is 3.01. The summed E-state index contributed by atoms with van der Waals surface area (Å²) in [6.07, 6.45) is 1.64. The SMILES string of the molecule is CC1(C)OC(=O)C([n+]2cccc3ccccc32)=C([O-])O1. The number of nitrogens with zero attached hydrogens (tertiary/aromatic N) is 1. The van der Waals surface area contributed by atoms with Gasteiger partial charge in [0.1, 0.15) is 5.95 Å². The fraction of sp³-hybridized carbons (Fsp3) is 0.200. The van der Waals surface area contributed by atoms with Crippen LogP contribution < -0.4 is 9.67 Å². The fourth-order valence-electron chi connectivity index (χ4n) is 2.20. The number of hydrogen-bond donors (Lipinski definition) is 0. The molecule has 0 saturated carbocycles. The van der Waals surface area contributed by atoms with Crippen LogP contribution in [0.2, 0.25) is 0 Å². The number of ether oxygens (including phenoxy) is 2. The van der Waals surface area contributed by atoms with Crippen LogP contribution in [0.15, 0.2) is 48.5 Å². The molecule has 1 aromatic carbocycles. The Morgan fingerprint density at radius 1 is 1.10 bits per heavy atom. The van der Waals surface area contributed by atoms with Crippen LogP contribution in [0.4, 0.5) is 0 Å². The summed E-state index contributed by atoms with van der Waals surface area (Å²) in [5, 5.41) is 13.0. The summed E-state index contributed by atoms with van der Waals surface area (Å²) < 4.78 is 11.7. The normalized spacial score (nSPS) is 17.8. The summed E-state index contributed by atoms with van der Waals surface area (Å²) >= 11 is 0. The molecule has 2 aromatic rings. The van der Waals surface area contributed by atoms with Gasteiger partial charge >= 0.3 is 11.7 Å². The van der Waals surface area contributed by atoms with E-state index in [1.54, 1.807) is 12.3 Å². The average Bonchev–Trinajstić information content (AvgIpc) is 2.36. The number of benzene rings is 1. The van der Waals surface area contributed by atoms with Crippen LogP contribution in [0.1, 0.15) is 13.8 Å². The first-order chi connectivity index (χ1) is 9.48. The molecular formula is C15H13NO4. The van der Waals surface area contributed by atoms with Gasteiger partial charge in [0.15, 0.2) is 12.0 Å². The molecule has 0 aliphatic carbocycles. The van der Waals surface area contributed by atoms with Crippen LogP contribution in [0.5, 0.6) is 0 Å². The summed E-state index contributed by atoms with van der Waals surface area (Å²) in [6.45, 7) is 3.04. The number of rotatable bonds is 1. The lowest BCUT2D eigenvalue weighted by molar-refractivity contribution is -0.563. The van der Waals surface area contributed by atoms with Crippen LogP contribution in [-0.2, 0) is 14.3 Å². The lowest BCUT2D eigenvalue weighted by atomic mass is 10.2. The highest BCUT2D eigenvalue weighted by Gasteiger charge is 2.36. The number of fused-ring (bicyclic) bond motifs is 1. The van der Waals surface area contributed by atoms with E-state index in [0.717, 1.165) is 10.9 Å². The first kappa shape index (κ1) is 12.5. The van der Waals surface area contributed by atoms with Gasteiger partial charge in [0, 0.05) is 17.5 Å². The fourth-order valence-corrected chi connectivity index (χ4v) is 2.20. The van der Waals surface area contributed by atoms with Gasteiger partial charge in [-0.25, -0.2) is 4.79 Å². The molecular weight excluding hydrogens is 258 g/mol. The molecule has 5 heteroatoms. The van der Waals surface area contributed by atoms with Crippen LogP contribution in [-0.4, -0.2) is 11.8 Å². The van der Waals surface area contributed by atoms with Crippen molar-refractivity contribution in [2.75, 3.05) is 0 Å². The zero-order chi connectivity index (χ0) is 14.3. The smallest absolute Gasteiger partial charge is 0.407 e. The Bertz CT molecular complexity index is 728. The van der Waals surface area contributed by atoms with Crippen molar-refractivity contribution in [1.82, 2.24) is 0 Å². The molecule has 0 atom stereocenters. The maximum absolute atomic E-state index is 12.1. The molecule has 1 aliphatic heterocycles. The molecule has 0 spiro atoms. The molecule has 0 fully saturated rings. The number of aromatic nitrogens is 1. The first-order valence-electron chi connectivity index (χ1n) is 6.21. The second-order valence-corrected chi connectivity index (χ2v) is 4.96. The van der Waals surface area contributed by atoms with Gasteiger partial charge in [-0.3, -0.25) is 0 Å². The number of esters is 1. The van der Waals surface area contributed by atoms with Crippen LogP contribution in [0, 0.1) is 0 Å². The Kier molecular flexibility index (Phi) is 2.64. The molecule has 20 heavy (non-hydrogen) atoms. The maximum atomic E-state index is 12.1. The third kappa shape index (κ3) is 1.97. The topological polar surface area (TPSA) is 62.5 Å². The summed E-state index contributed by atoms with van der Waals surface area (Å²) in [7, 11) is 0. The lowest BCUT2D eigenvalue weighted by Crippen LogP contribution is -2.48. The van der Waals surface area contributed by atoms with Gasteiger partial charge in [0.25, 0.3) is 0 Å². The van der Waals surface area contributed by atoms with E-state index in [4.69, 9.17) is 9.47 Å². The van der Waals surface area contributed by atoms with Crippen molar-refractivity contribution in [3.8, 4) is 0 Å². The zero-order valence-electron chi connectivity index (χ0n) is 11.1. The van der Waals surface area contributed by atoms with E-state index in [-0.39, 0.29) is 5.70 Å². The quantitative estimate of drug-likeness (QED) is 0.571. The van der Waals surface area contributed by atoms with E-state index >= 15 is 0 Å². The van der Waals surface area contributed by atoms with Crippen molar-refractivity contribution in [3.05, 3.63) is 48.5 Å². The van der Waals surface area contributed by atoms with E-state index in [0.29, 0.717) is 0 Å². The number of carbonyl (C=O) groups is 1. The number of carbonyl (C=O) groups excluding carboxylic acids is 1. The lowest BCUT2D eigenvalue weighted by Gasteiger charge is -2.36. The van der Waals surface area contributed by atoms with Gasteiger partial charge in [0.2, 0.25) is 5.52 Å². The molecule has 0 amide bonds. The Hall–Kier alpha value is -2.56. The highest BCUT2D eigenvalue weighted by Crippen LogP contribution is 2.24. The zero-order valence-corrected chi connectivity index (χ0v) is 11.1. The third-order valence-electron chi connectivity index (χ3n) is 3.01. The van der Waals surface area contributed by atoms with E-state index in [1.165, 1.54) is 18.4 Å². The summed E-state index contributed by atoms with van der Waals surface area (Å²) in [4.78, 5) is 12.1. The standard InChI is InChI=1S/C15H13NO4/c1-15(2)19-13(17)12(14(18)20-15)16-9-5-7-10-6-3-4-8-11(10)16/h3-9H,1-2H3. The van der Waals surface area contributed by atoms with Crippen LogP contribution >= 0.6 is 0 Å². The molecule has 2 heterocycles. The minimum Gasteiger partial charge on any atom is -0.570 e. The second-order valence-electron chi connectivity index (χ2n) is 4.96. The van der Waals surface area contributed by atoms with Gasteiger partial charge in [-0.2, -0.15) is 4.57 Å². The van der Waals surface area contributed by atoms with Gasteiger partial charge in [-0.1, -0.05) is 12.1 Å². The van der Waals surface area contributed by atoms with Crippen molar-refractivity contribution in [2.24, 2.45) is 0 Å². The second kappa shape index (κ2) is 4.23. The van der Waals surface area contributed by atoms with E-state index in [2.05, 4.69) is 0 Å². The molecule has 0 radical (unpaired) electrons. The molecule has 102 valence electrons. The highest BCUT2D eigenvalue weighted by molar-refractivity contribution is 6.07. The largest absolute Gasteiger partial charge is 0.570 e. The summed E-state index contributed by atoms with van der Waals surface area (Å²) in [6, 6.07) is 11.1. The molecule has 3 rings (SSSR count). The average molecular weight is 271 g/mol. The number of para-hydroxylation sites is 1. The Balaban J connectivity index is 2.23. The Morgan fingerprint density at radius 2 is 1.80 bits per heavy atom. The minimum absolute atomic E-state index is 0.138. The molecule has 0 bridgehead atoms. The van der Waals surface area contributed by atoms with Crippen LogP contribution in [0.25, 0.3) is 16.6 Å². The Morgan fingerprint density at radius 3 is 2.55 bits per heavy atom. The Labute approximate surface area is 115 Å². The van der Waals surface area contributed by atoms with Gasteiger partial charge in [0.05, 0.1) is 0 Å². The maximum Gasteiger partial charge on any atom is 0.407 e. The number of pyridine rings is 1. The molecule has 5 nitrogen and oxygen atoms in total. The van der Waals surface area contributed by atoms with Crippen molar-refractivity contribution in [3.63, 3.8) is 0 Å². The summed E-state index contributed by atoms with van der Waals surface area (Å²) in [5.41, 5.74) is 0.597. The van der Waals surface area contributed by atoms with Gasteiger partial charge in [-0.15, -0.1) is 0 Å². The molecule has 0 unspecified atom stereocenters. The molecule has 0 saturated heterocycles. The number of hydrogen-bond acceptors (Lipinski definition) is 4. The molecule has 1 aliphatic rings.